The van der Waals surface area contributed by atoms with Crippen molar-refractivity contribution in [2.75, 3.05) is 30.0 Å². The lowest BCUT2D eigenvalue weighted by Gasteiger charge is -2.39. The number of nitrogen functional groups attached to an aromatic ring is 1. The molecule has 304 valence electrons. The molecule has 4 aromatic heterocycles. The van der Waals surface area contributed by atoms with Crippen LogP contribution in [0.2, 0.25) is 0 Å². The third-order valence-electron chi connectivity index (χ3n) is 11.2. The molecule has 0 spiro atoms. The highest BCUT2D eigenvalue weighted by atomic mass is 79.9. The first kappa shape index (κ1) is 42.5. The molecule has 2 aromatic carbocycles. The van der Waals surface area contributed by atoms with Gasteiger partial charge in [-0.2, -0.15) is 0 Å². The number of thiophene rings is 2. The number of nitrogens with two attached hydrogens (primary N) is 1. The lowest BCUT2D eigenvalue weighted by Crippen LogP contribution is -2.42. The van der Waals surface area contributed by atoms with E-state index in [2.05, 4.69) is 83.9 Å². The SMILES string of the molecule is C=CC(=O)Nc1sc2c(c1-c1nc3cc(Br)ccc3s1)CCN(C1CCC1)C2.Nc1sc2c(c1-c1nc3cc(Br)ccc3s1)CCN(C1CCC1)C2.O=C(Cl)CCCl. The van der Waals surface area contributed by atoms with Crippen molar-refractivity contribution >= 4 is 142 Å². The van der Waals surface area contributed by atoms with Crippen LogP contribution < -0.4 is 11.1 Å². The lowest BCUT2D eigenvalue weighted by molar-refractivity contribution is -0.112. The molecule has 2 aliphatic heterocycles. The molecule has 58 heavy (non-hydrogen) atoms. The molecule has 2 aliphatic carbocycles. The molecule has 8 nitrogen and oxygen atoms in total. The van der Waals surface area contributed by atoms with Crippen molar-refractivity contribution in [3.8, 4) is 21.1 Å². The molecule has 2 saturated carbocycles. The highest BCUT2D eigenvalue weighted by Crippen LogP contribution is 2.48. The van der Waals surface area contributed by atoms with Crippen molar-refractivity contribution < 1.29 is 9.59 Å². The number of carbonyl (C=O) groups excluding carboxylic acids is 2. The molecule has 0 unspecified atom stereocenters. The van der Waals surface area contributed by atoms with E-state index in [9.17, 15) is 9.59 Å². The number of rotatable bonds is 8. The summed E-state index contributed by atoms with van der Waals surface area (Å²) >= 11 is 23.9. The second-order valence-electron chi connectivity index (χ2n) is 14.8. The van der Waals surface area contributed by atoms with Gasteiger partial charge >= 0.3 is 0 Å². The Morgan fingerprint density at radius 2 is 1.34 bits per heavy atom. The van der Waals surface area contributed by atoms with E-state index in [0.29, 0.717) is 5.88 Å². The van der Waals surface area contributed by atoms with E-state index in [1.54, 1.807) is 45.3 Å². The lowest BCUT2D eigenvalue weighted by atomic mass is 9.89. The van der Waals surface area contributed by atoms with Crippen molar-refractivity contribution in [2.24, 2.45) is 0 Å². The number of carbonyl (C=O) groups is 2. The minimum atomic E-state index is -0.370. The van der Waals surface area contributed by atoms with Crippen LogP contribution in [-0.4, -0.2) is 62.0 Å². The van der Waals surface area contributed by atoms with Crippen molar-refractivity contribution in [1.82, 2.24) is 19.8 Å². The van der Waals surface area contributed by atoms with Gasteiger partial charge in [-0.25, -0.2) is 9.97 Å². The molecule has 3 N–H and O–H groups in total. The Morgan fingerprint density at radius 1 is 0.828 bits per heavy atom. The summed E-state index contributed by atoms with van der Waals surface area (Å²) in [5.41, 5.74) is 13.6. The van der Waals surface area contributed by atoms with Crippen molar-refractivity contribution in [3.05, 3.63) is 78.9 Å². The topological polar surface area (TPSA) is 104 Å². The van der Waals surface area contributed by atoms with Crippen LogP contribution in [0.1, 0.15) is 65.8 Å². The average molecular weight is 1020 g/mol. The summed E-state index contributed by atoms with van der Waals surface area (Å²) in [7, 11) is 0. The second-order valence-corrected chi connectivity index (χ2v) is 21.7. The first-order chi connectivity index (χ1) is 28.1. The van der Waals surface area contributed by atoms with Crippen LogP contribution in [0, 0.1) is 0 Å². The van der Waals surface area contributed by atoms with E-state index < -0.39 is 0 Å². The zero-order valence-electron chi connectivity index (χ0n) is 31.6. The smallest absolute Gasteiger partial charge is 0.248 e. The summed E-state index contributed by atoms with van der Waals surface area (Å²) in [5.74, 6) is 0.155. The summed E-state index contributed by atoms with van der Waals surface area (Å²) in [6.45, 7) is 7.92. The summed E-state index contributed by atoms with van der Waals surface area (Å²) in [6, 6.07) is 14.0. The van der Waals surface area contributed by atoms with E-state index >= 15 is 0 Å². The van der Waals surface area contributed by atoms with Gasteiger partial charge in [0.2, 0.25) is 11.1 Å². The standard InChI is InChI=1S/C21H20BrN3OS2.C18H18BrN3S2.C3H4Cl2O/c1-2-18(26)24-21-19(20-23-15-10-12(22)6-7-16(15)27-20)14-8-9-25(11-17(14)28-21)13-4-3-5-13;19-10-4-5-14-13(8-10)21-18(24-14)16-12-6-7-22(11-2-1-3-11)9-15(12)23-17(16)20;4-2-1-3(5)6/h2,6-7,10,13H,1,3-5,8-9,11H2,(H,24,26);4-5,8,11H,1-3,6-7,9,20H2;1-2H2. The highest BCUT2D eigenvalue weighted by molar-refractivity contribution is 9.10. The maximum Gasteiger partial charge on any atom is 0.248 e. The number of halogens is 4. The summed E-state index contributed by atoms with van der Waals surface area (Å²) in [6.07, 6.45) is 11.8. The molecule has 0 saturated heterocycles. The molecule has 0 bridgehead atoms. The Kier molecular flexibility index (Phi) is 13.8. The minimum Gasteiger partial charge on any atom is -0.390 e. The van der Waals surface area contributed by atoms with Crippen LogP contribution in [0.3, 0.4) is 0 Å². The molecule has 6 aromatic rings. The second kappa shape index (κ2) is 18.8. The van der Waals surface area contributed by atoms with Crippen LogP contribution in [0.5, 0.6) is 0 Å². The van der Waals surface area contributed by atoms with Crippen LogP contribution in [0.25, 0.3) is 41.6 Å². The zero-order valence-corrected chi connectivity index (χ0v) is 39.6. The number of thiazole rings is 2. The first-order valence-electron chi connectivity index (χ1n) is 19.4. The predicted octanol–water partition coefficient (Wildman–Crippen LogP) is 12.5. The largest absolute Gasteiger partial charge is 0.390 e. The number of hydrogen-bond acceptors (Lipinski definition) is 11. The van der Waals surface area contributed by atoms with Gasteiger partial charge in [0.1, 0.15) is 15.0 Å². The molecule has 1 amide bonds. The number of amides is 1. The number of hydrogen-bond donors (Lipinski definition) is 2. The van der Waals surface area contributed by atoms with Gasteiger partial charge in [-0.3, -0.25) is 19.4 Å². The van der Waals surface area contributed by atoms with Crippen molar-refractivity contribution in [1.29, 1.82) is 0 Å². The normalized spacial score (nSPS) is 17.0. The Hall–Kier alpha value is -2.24. The fourth-order valence-corrected chi connectivity index (χ4v) is 13.5. The fraction of sp³-hybridized carbons (Fsp3) is 0.381. The number of alkyl halides is 1. The van der Waals surface area contributed by atoms with Gasteiger partial charge in [-0.1, -0.05) is 51.3 Å². The predicted molar refractivity (Wildman–Crippen MR) is 254 cm³/mol. The van der Waals surface area contributed by atoms with Crippen LogP contribution in [-0.2, 0) is 35.5 Å². The number of anilines is 2. The number of nitrogens with zero attached hydrogens (tertiary/aromatic N) is 4. The zero-order chi connectivity index (χ0) is 40.5. The van der Waals surface area contributed by atoms with Crippen molar-refractivity contribution in [3.63, 3.8) is 0 Å². The molecule has 10 rings (SSSR count). The molecule has 0 atom stereocenters. The fourth-order valence-electron chi connectivity index (χ4n) is 7.80. The summed E-state index contributed by atoms with van der Waals surface area (Å²) < 4.78 is 4.48. The van der Waals surface area contributed by atoms with Gasteiger partial charge in [-0.15, -0.1) is 56.9 Å². The molecular weight excluding hydrogens is 979 g/mol. The van der Waals surface area contributed by atoms with Crippen molar-refractivity contribution in [2.45, 2.75) is 83.0 Å². The summed E-state index contributed by atoms with van der Waals surface area (Å²) in [5, 5.41) is 6.59. The number of aromatic nitrogens is 2. The van der Waals surface area contributed by atoms with E-state index in [4.69, 9.17) is 38.9 Å². The number of nitrogens with one attached hydrogen (secondary N) is 1. The van der Waals surface area contributed by atoms with Gasteiger partial charge in [0.25, 0.3) is 0 Å². The maximum absolute atomic E-state index is 12.1. The van der Waals surface area contributed by atoms with Crippen LogP contribution in [0.15, 0.2) is 58.0 Å². The van der Waals surface area contributed by atoms with Gasteiger partial charge in [-0.05, 0) is 104 Å². The third-order valence-corrected chi connectivity index (χ3v) is 16.9. The average Bonchev–Trinajstić information content (AvgIpc) is 3.91. The monoisotopic (exact) mass is 1020 g/mol. The highest BCUT2D eigenvalue weighted by Gasteiger charge is 2.33. The molecule has 6 heterocycles. The Labute approximate surface area is 381 Å². The molecular formula is C42H42Br2Cl2N6O2S4. The van der Waals surface area contributed by atoms with Gasteiger partial charge in [0, 0.05) is 80.4 Å². The van der Waals surface area contributed by atoms with E-state index in [0.717, 1.165) is 101 Å². The van der Waals surface area contributed by atoms with Gasteiger partial charge in [0.05, 0.1) is 25.4 Å². The van der Waals surface area contributed by atoms with Crippen LogP contribution >= 0.6 is 100 Å². The third kappa shape index (κ3) is 9.31. The van der Waals surface area contributed by atoms with E-state index in [1.165, 1.54) is 75.7 Å². The molecule has 0 radical (unpaired) electrons. The molecule has 16 heteroatoms. The van der Waals surface area contributed by atoms with Gasteiger partial charge in [0.15, 0.2) is 0 Å². The Morgan fingerprint density at radius 3 is 1.81 bits per heavy atom. The van der Waals surface area contributed by atoms with E-state index in [1.807, 2.05) is 6.07 Å². The molecule has 4 aliphatic rings. The Balaban J connectivity index is 0.000000143. The molecule has 2 fully saturated rings. The minimum absolute atomic E-state index is 0.167. The quantitative estimate of drug-likeness (QED) is 0.0889. The first-order valence-corrected chi connectivity index (χ1v) is 25.2. The van der Waals surface area contributed by atoms with Gasteiger partial charge < -0.3 is 11.1 Å². The Bertz CT molecular complexity index is 2490. The number of benzene rings is 2. The maximum atomic E-state index is 12.1. The number of fused-ring (bicyclic) bond motifs is 4. The summed E-state index contributed by atoms with van der Waals surface area (Å²) in [4.78, 5) is 39.7. The van der Waals surface area contributed by atoms with Crippen LogP contribution in [0.4, 0.5) is 10.0 Å². The van der Waals surface area contributed by atoms with E-state index in [-0.39, 0.29) is 17.6 Å².